The second-order valence-corrected chi connectivity index (χ2v) is 4.75. The van der Waals surface area contributed by atoms with Gasteiger partial charge in [0.2, 0.25) is 0 Å². The zero-order valence-corrected chi connectivity index (χ0v) is 13.9. The summed E-state index contributed by atoms with van der Waals surface area (Å²) in [5, 5.41) is 5.91. The van der Waals surface area contributed by atoms with Gasteiger partial charge in [-0.15, -0.1) is 12.4 Å². The van der Waals surface area contributed by atoms with Crippen LogP contribution in [-0.4, -0.2) is 39.3 Å². The third-order valence-corrected chi connectivity index (χ3v) is 2.68. The molecule has 1 amide bonds. The number of ether oxygens (including phenoxy) is 2. The topological polar surface area (TPSA) is 59.6 Å². The lowest BCUT2D eigenvalue weighted by Crippen LogP contribution is -2.26. The van der Waals surface area contributed by atoms with Crippen molar-refractivity contribution in [3.8, 4) is 11.5 Å². The van der Waals surface area contributed by atoms with Crippen LogP contribution in [0.2, 0.25) is 0 Å². The first-order valence-corrected chi connectivity index (χ1v) is 6.86. The van der Waals surface area contributed by atoms with Crippen LogP contribution in [0.4, 0.5) is 0 Å². The molecule has 6 heteroatoms. The summed E-state index contributed by atoms with van der Waals surface area (Å²) in [6, 6.07) is 5.21. The second kappa shape index (κ2) is 10.3. The van der Waals surface area contributed by atoms with Crippen LogP contribution in [-0.2, 0) is 0 Å². The summed E-state index contributed by atoms with van der Waals surface area (Å²) in [6.07, 6.45) is 0.957. The SMILES string of the molecule is CNCCCNC(=O)c1ccc(OC(C)C)c(OC)c1.Cl. The number of benzene rings is 1. The van der Waals surface area contributed by atoms with Gasteiger partial charge in [-0.05, 0) is 52.1 Å². The van der Waals surface area contributed by atoms with Gasteiger partial charge in [-0.1, -0.05) is 0 Å². The van der Waals surface area contributed by atoms with Gasteiger partial charge in [0.25, 0.3) is 5.91 Å². The number of carbonyl (C=O) groups is 1. The minimum atomic E-state index is -0.101. The minimum Gasteiger partial charge on any atom is -0.493 e. The molecule has 0 aromatic heterocycles. The van der Waals surface area contributed by atoms with E-state index in [-0.39, 0.29) is 24.4 Å². The molecule has 21 heavy (non-hydrogen) atoms. The molecule has 0 saturated heterocycles. The van der Waals surface area contributed by atoms with E-state index in [4.69, 9.17) is 9.47 Å². The average molecular weight is 317 g/mol. The summed E-state index contributed by atoms with van der Waals surface area (Å²) >= 11 is 0. The van der Waals surface area contributed by atoms with Gasteiger partial charge in [0.05, 0.1) is 13.2 Å². The molecule has 0 bridgehead atoms. The van der Waals surface area contributed by atoms with Crippen LogP contribution in [0.25, 0.3) is 0 Å². The molecule has 5 nitrogen and oxygen atoms in total. The van der Waals surface area contributed by atoms with Gasteiger partial charge in [0, 0.05) is 12.1 Å². The van der Waals surface area contributed by atoms with Crippen molar-refractivity contribution >= 4 is 18.3 Å². The highest BCUT2D eigenvalue weighted by Crippen LogP contribution is 2.28. The van der Waals surface area contributed by atoms with Gasteiger partial charge in [0.1, 0.15) is 0 Å². The van der Waals surface area contributed by atoms with Gasteiger partial charge in [-0.2, -0.15) is 0 Å². The molecule has 0 aliphatic rings. The van der Waals surface area contributed by atoms with E-state index < -0.39 is 0 Å². The highest BCUT2D eigenvalue weighted by Gasteiger charge is 2.11. The van der Waals surface area contributed by atoms with Crippen molar-refractivity contribution < 1.29 is 14.3 Å². The van der Waals surface area contributed by atoms with Crippen molar-refractivity contribution in [2.24, 2.45) is 0 Å². The number of halogens is 1. The molecule has 0 atom stereocenters. The number of nitrogens with one attached hydrogen (secondary N) is 2. The molecule has 0 radical (unpaired) electrons. The molecule has 0 heterocycles. The fourth-order valence-corrected chi connectivity index (χ4v) is 1.73. The third-order valence-electron chi connectivity index (χ3n) is 2.68. The maximum absolute atomic E-state index is 12.0. The van der Waals surface area contributed by atoms with Crippen LogP contribution in [0.5, 0.6) is 11.5 Å². The van der Waals surface area contributed by atoms with Crippen molar-refractivity contribution in [2.75, 3.05) is 27.2 Å². The van der Waals surface area contributed by atoms with E-state index >= 15 is 0 Å². The first kappa shape index (κ1) is 19.5. The summed E-state index contributed by atoms with van der Waals surface area (Å²) < 4.78 is 10.9. The zero-order valence-electron chi connectivity index (χ0n) is 13.1. The predicted molar refractivity (Wildman–Crippen MR) is 86.9 cm³/mol. The quantitative estimate of drug-likeness (QED) is 0.722. The van der Waals surface area contributed by atoms with E-state index in [2.05, 4.69) is 10.6 Å². The van der Waals surface area contributed by atoms with Crippen LogP contribution in [0.3, 0.4) is 0 Å². The Morgan fingerprint density at radius 1 is 1.24 bits per heavy atom. The van der Waals surface area contributed by atoms with Crippen LogP contribution < -0.4 is 20.1 Å². The molecule has 0 spiro atoms. The fourth-order valence-electron chi connectivity index (χ4n) is 1.73. The van der Waals surface area contributed by atoms with Gasteiger partial charge in [-0.3, -0.25) is 4.79 Å². The number of amides is 1. The summed E-state index contributed by atoms with van der Waals surface area (Å²) in [5.41, 5.74) is 0.572. The summed E-state index contributed by atoms with van der Waals surface area (Å²) in [5.74, 6) is 1.12. The van der Waals surface area contributed by atoms with Crippen LogP contribution in [0.15, 0.2) is 18.2 Å². The number of methoxy groups -OCH3 is 1. The van der Waals surface area contributed by atoms with E-state index in [1.807, 2.05) is 20.9 Å². The summed E-state index contributed by atoms with van der Waals surface area (Å²) in [6.45, 7) is 5.42. The molecule has 0 unspecified atom stereocenters. The Balaban J connectivity index is 0.00000400. The number of hydrogen-bond donors (Lipinski definition) is 2. The van der Waals surface area contributed by atoms with Crippen LogP contribution in [0, 0.1) is 0 Å². The normalized spacial score (nSPS) is 9.95. The molecule has 0 aliphatic carbocycles. The highest BCUT2D eigenvalue weighted by molar-refractivity contribution is 5.94. The first-order chi connectivity index (χ1) is 9.58. The zero-order chi connectivity index (χ0) is 15.0. The van der Waals surface area contributed by atoms with Crippen molar-refractivity contribution in [3.05, 3.63) is 23.8 Å². The van der Waals surface area contributed by atoms with E-state index in [1.165, 1.54) is 0 Å². The highest BCUT2D eigenvalue weighted by atomic mass is 35.5. The van der Waals surface area contributed by atoms with Crippen molar-refractivity contribution in [2.45, 2.75) is 26.4 Å². The molecular formula is C15H25ClN2O3. The molecule has 0 fully saturated rings. The van der Waals surface area contributed by atoms with Crippen molar-refractivity contribution in [1.29, 1.82) is 0 Å². The number of carbonyl (C=O) groups excluding carboxylic acids is 1. The Bertz CT molecular complexity index is 439. The summed E-state index contributed by atoms with van der Waals surface area (Å²) in [7, 11) is 3.46. The monoisotopic (exact) mass is 316 g/mol. The average Bonchev–Trinajstić information content (AvgIpc) is 2.43. The van der Waals surface area contributed by atoms with Crippen LogP contribution in [0.1, 0.15) is 30.6 Å². The molecule has 1 aromatic rings. The largest absolute Gasteiger partial charge is 0.493 e. The lowest BCUT2D eigenvalue weighted by molar-refractivity contribution is 0.0953. The third kappa shape index (κ3) is 6.69. The Morgan fingerprint density at radius 2 is 1.95 bits per heavy atom. The molecular weight excluding hydrogens is 292 g/mol. The molecule has 1 rings (SSSR count). The Morgan fingerprint density at radius 3 is 2.52 bits per heavy atom. The lowest BCUT2D eigenvalue weighted by atomic mass is 10.2. The Hall–Kier alpha value is -1.46. The maximum atomic E-state index is 12.0. The number of rotatable bonds is 8. The van der Waals surface area contributed by atoms with E-state index in [9.17, 15) is 4.79 Å². The molecule has 0 aliphatic heterocycles. The van der Waals surface area contributed by atoms with E-state index in [0.29, 0.717) is 23.6 Å². The summed E-state index contributed by atoms with van der Waals surface area (Å²) in [4.78, 5) is 12.0. The predicted octanol–water partition coefficient (Wildman–Crippen LogP) is 2.24. The van der Waals surface area contributed by atoms with E-state index in [1.54, 1.807) is 25.3 Å². The van der Waals surface area contributed by atoms with Gasteiger partial charge < -0.3 is 20.1 Å². The van der Waals surface area contributed by atoms with Gasteiger partial charge in [0.15, 0.2) is 11.5 Å². The maximum Gasteiger partial charge on any atom is 0.251 e. The molecule has 2 N–H and O–H groups in total. The standard InChI is InChI=1S/C15H24N2O3.ClH/c1-11(2)20-13-7-6-12(10-14(13)19-4)15(18)17-9-5-8-16-3;/h6-7,10-11,16H,5,8-9H2,1-4H3,(H,17,18);1H. The fraction of sp³-hybridized carbons (Fsp3) is 0.533. The Labute approximate surface area is 132 Å². The molecule has 120 valence electrons. The Kier molecular flexibility index (Phi) is 9.58. The molecule has 1 aromatic carbocycles. The van der Waals surface area contributed by atoms with Crippen molar-refractivity contribution in [3.63, 3.8) is 0 Å². The first-order valence-electron chi connectivity index (χ1n) is 6.86. The second-order valence-electron chi connectivity index (χ2n) is 4.75. The van der Waals surface area contributed by atoms with Gasteiger partial charge in [-0.25, -0.2) is 0 Å². The van der Waals surface area contributed by atoms with Crippen molar-refractivity contribution in [1.82, 2.24) is 10.6 Å². The number of hydrogen-bond acceptors (Lipinski definition) is 4. The van der Waals surface area contributed by atoms with Gasteiger partial charge >= 0.3 is 0 Å². The molecule has 0 saturated carbocycles. The van der Waals surface area contributed by atoms with E-state index in [0.717, 1.165) is 13.0 Å². The smallest absolute Gasteiger partial charge is 0.251 e. The lowest BCUT2D eigenvalue weighted by Gasteiger charge is -2.14. The van der Waals surface area contributed by atoms with Crippen LogP contribution >= 0.6 is 12.4 Å². The minimum absolute atomic E-state index is 0.